The van der Waals surface area contributed by atoms with Crippen molar-refractivity contribution >= 4 is 69.2 Å². The van der Waals surface area contributed by atoms with Crippen molar-refractivity contribution in [2.24, 2.45) is 11.3 Å². The molecule has 7 atom stereocenters. The number of likely N-dealkylation sites (tertiary alicyclic amines) is 1. The maximum absolute atomic E-state index is 15.2. The van der Waals surface area contributed by atoms with Gasteiger partial charge in [-0.25, -0.2) is 19.1 Å². The summed E-state index contributed by atoms with van der Waals surface area (Å²) in [5, 5.41) is 21.3. The lowest BCUT2D eigenvalue weighted by Gasteiger charge is -2.37. The summed E-state index contributed by atoms with van der Waals surface area (Å²) in [5.74, 6) is -4.13. The topological polar surface area (TPSA) is 256 Å². The first-order chi connectivity index (χ1) is 46.3. The number of methoxy groups -OCH3 is 2. The van der Waals surface area contributed by atoms with Crippen molar-refractivity contribution in [3.05, 3.63) is 197 Å². The summed E-state index contributed by atoms with van der Waals surface area (Å²) in [6.07, 6.45) is 0.280. The highest BCUT2D eigenvalue weighted by Gasteiger charge is 2.47. The van der Waals surface area contributed by atoms with Gasteiger partial charge < -0.3 is 44.5 Å². The van der Waals surface area contributed by atoms with Crippen molar-refractivity contribution in [3.8, 4) is 16.9 Å². The number of carbonyl (C=O) groups excluding carboxylic acids is 8. The van der Waals surface area contributed by atoms with E-state index in [2.05, 4.69) is 26.3 Å². The van der Waals surface area contributed by atoms with E-state index in [1.54, 1.807) is 76.7 Å². The SMILES string of the molecule is COC(=O)[C@@H](CC(=O)[C@@H]1C[C@H](n2cc(COc3ccc(C[C@H](NC(=O)C(Cc4ccc5ccccc5c4)NC(=O)OCC4c5ccccc5-c5ccccc54)C(=O)OC)cc3)nn2)CN1C(=O)[C@@H](NC(=O)[C@H](C)N(C)C(=O)OC(C)(C)C)C(C)(C)C)Cc1ccc2ccccc2c1. The Hall–Kier alpha value is -10.4. The van der Waals surface area contributed by atoms with Crippen LogP contribution in [0.15, 0.2) is 164 Å². The molecule has 1 unspecified atom stereocenters. The molecule has 10 rings (SSSR count). The number of alkyl carbamates (subject to hydrolysis) is 1. The van der Waals surface area contributed by atoms with E-state index in [0.717, 1.165) is 59.8 Å². The number of rotatable bonds is 24. The second-order valence-electron chi connectivity index (χ2n) is 27.1. The van der Waals surface area contributed by atoms with Crippen LogP contribution in [0.3, 0.4) is 0 Å². The van der Waals surface area contributed by atoms with E-state index in [1.165, 1.54) is 33.1 Å². The van der Waals surface area contributed by atoms with Crippen LogP contribution in [0.4, 0.5) is 9.59 Å². The number of aromatic nitrogens is 3. The minimum Gasteiger partial charge on any atom is -0.487 e. The molecular formula is C76H84N8O13. The number of Topliss-reactive ketones (excluding diaryl/α,β-unsaturated/α-hetero) is 1. The number of ketones is 1. The number of nitrogens with zero attached hydrogens (tertiary/aromatic N) is 5. The zero-order chi connectivity index (χ0) is 69.3. The smallest absolute Gasteiger partial charge is 0.410 e. The number of hydrogen-bond donors (Lipinski definition) is 3. The standard InChI is InChI=1S/C76H84N8O13/c1-46(82(8)74(92)97-76(5,6)7)68(86)79-67(75(2,3)4)70(88)83-43-56(41-65(83)66(85)40-54(71(89)93-9)37-48-27-31-50-19-11-13-21-52(50)35-48)84-42-55(80-81-84)44-95-57-33-29-47(30-34-57)38-64(72(90)94-10)77-69(87)63(39-49-28-32-51-20-12-14-22-53(51)36-49)78-73(91)96-45-62-60-25-17-15-23-58(60)59-24-16-18-26-61(59)62/h11-36,42,46,54,56,62-65,67H,37-41,43-45H2,1-10H3,(H,77,87)(H,78,91)(H,79,86)/t46-,54+,56-,63?,64-,65-,67+/m0/s1. The summed E-state index contributed by atoms with van der Waals surface area (Å²) in [4.78, 5) is 115. The van der Waals surface area contributed by atoms with Gasteiger partial charge in [-0.3, -0.25) is 28.9 Å². The van der Waals surface area contributed by atoms with E-state index < -0.39 is 95.0 Å². The Morgan fingerprint density at radius 3 is 1.77 bits per heavy atom. The fourth-order valence-electron chi connectivity index (χ4n) is 12.6. The number of nitrogens with one attached hydrogen (secondary N) is 3. The molecule has 1 saturated heterocycles. The Morgan fingerprint density at radius 1 is 0.629 bits per heavy atom. The molecular weight excluding hydrogens is 1230 g/mol. The van der Waals surface area contributed by atoms with Gasteiger partial charge >= 0.3 is 24.1 Å². The molecule has 7 aromatic carbocycles. The van der Waals surface area contributed by atoms with E-state index in [4.69, 9.17) is 23.7 Å². The molecule has 1 aromatic heterocycles. The van der Waals surface area contributed by atoms with Gasteiger partial charge in [-0.15, -0.1) is 5.10 Å². The first-order valence-corrected chi connectivity index (χ1v) is 32.6. The zero-order valence-corrected chi connectivity index (χ0v) is 56.4. The number of benzene rings is 7. The quantitative estimate of drug-likeness (QED) is 0.0376. The van der Waals surface area contributed by atoms with E-state index in [9.17, 15) is 33.6 Å². The third-order valence-electron chi connectivity index (χ3n) is 17.9. The van der Waals surface area contributed by atoms with Gasteiger partial charge in [0, 0.05) is 38.8 Å². The van der Waals surface area contributed by atoms with Crippen LogP contribution >= 0.6 is 0 Å². The van der Waals surface area contributed by atoms with Gasteiger partial charge in [0.15, 0.2) is 5.78 Å². The predicted molar refractivity (Wildman–Crippen MR) is 365 cm³/mol. The maximum atomic E-state index is 15.2. The number of ether oxygens (including phenoxy) is 5. The molecule has 0 saturated carbocycles. The Balaban J connectivity index is 0.815. The molecule has 3 N–H and O–H groups in total. The summed E-state index contributed by atoms with van der Waals surface area (Å²) in [6, 6.07) is 44.0. The van der Waals surface area contributed by atoms with Gasteiger partial charge in [-0.05, 0) is 119 Å². The number of likely N-dealkylation sites (N-methyl/N-ethyl adjacent to an activating group) is 1. The van der Waals surface area contributed by atoms with Gasteiger partial charge in [0.2, 0.25) is 17.7 Å². The molecule has 21 nitrogen and oxygen atoms in total. The molecule has 506 valence electrons. The number of amides is 5. The van der Waals surface area contributed by atoms with Crippen LogP contribution in [0.1, 0.15) is 107 Å². The minimum absolute atomic E-state index is 0.0169. The summed E-state index contributed by atoms with van der Waals surface area (Å²) < 4.78 is 29.6. The molecule has 1 aliphatic carbocycles. The van der Waals surface area contributed by atoms with E-state index in [-0.39, 0.29) is 63.6 Å². The number of hydrogen-bond acceptors (Lipinski definition) is 15. The maximum Gasteiger partial charge on any atom is 0.410 e. The Morgan fingerprint density at radius 2 is 1.19 bits per heavy atom. The molecule has 1 aliphatic heterocycles. The minimum atomic E-state index is -1.18. The zero-order valence-electron chi connectivity index (χ0n) is 56.4. The molecule has 0 radical (unpaired) electrons. The van der Waals surface area contributed by atoms with Crippen LogP contribution in [0.5, 0.6) is 5.75 Å². The van der Waals surface area contributed by atoms with Crippen LogP contribution in [0.25, 0.3) is 32.7 Å². The van der Waals surface area contributed by atoms with Crippen molar-refractivity contribution in [1.82, 2.24) is 40.7 Å². The van der Waals surface area contributed by atoms with Gasteiger partial charge in [-0.1, -0.05) is 172 Å². The Kier molecular flexibility index (Phi) is 21.5. The van der Waals surface area contributed by atoms with E-state index >= 15 is 4.79 Å². The van der Waals surface area contributed by atoms with Crippen LogP contribution in [0, 0.1) is 11.3 Å². The number of esters is 2. The lowest BCUT2D eigenvalue weighted by Crippen LogP contribution is -2.59. The van der Waals surface area contributed by atoms with Crippen LogP contribution in [-0.2, 0) is 73.6 Å². The highest BCUT2D eigenvalue weighted by Crippen LogP contribution is 2.45. The van der Waals surface area contributed by atoms with Crippen molar-refractivity contribution in [2.45, 2.75) is 135 Å². The van der Waals surface area contributed by atoms with Gasteiger partial charge in [0.1, 0.15) is 54.4 Å². The molecule has 5 amide bonds. The monoisotopic (exact) mass is 1320 g/mol. The first-order valence-electron chi connectivity index (χ1n) is 32.6. The molecule has 1 fully saturated rings. The van der Waals surface area contributed by atoms with Crippen LogP contribution < -0.4 is 20.7 Å². The van der Waals surface area contributed by atoms with E-state index in [0.29, 0.717) is 17.0 Å². The predicted octanol–water partition coefficient (Wildman–Crippen LogP) is 10.4. The molecule has 8 aromatic rings. The van der Waals surface area contributed by atoms with Gasteiger partial charge in [0.05, 0.1) is 38.4 Å². The average molecular weight is 1320 g/mol. The highest BCUT2D eigenvalue weighted by molar-refractivity contribution is 5.97. The third-order valence-corrected chi connectivity index (χ3v) is 17.9. The normalized spacial score (nSPS) is 16.0. The van der Waals surface area contributed by atoms with Crippen molar-refractivity contribution in [2.75, 3.05) is 34.4 Å². The summed E-state index contributed by atoms with van der Waals surface area (Å²) in [6.45, 7) is 12.0. The largest absolute Gasteiger partial charge is 0.487 e. The molecule has 2 aliphatic rings. The molecule has 2 heterocycles. The Bertz CT molecular complexity index is 4170. The third kappa shape index (κ3) is 17.0. The van der Waals surface area contributed by atoms with E-state index in [1.807, 2.05) is 133 Å². The van der Waals surface area contributed by atoms with Gasteiger partial charge in [-0.2, -0.15) is 0 Å². The molecule has 0 bridgehead atoms. The summed E-state index contributed by atoms with van der Waals surface area (Å²) >= 11 is 0. The average Bonchev–Trinajstić information content (AvgIpc) is 1.63. The Labute approximate surface area is 564 Å². The number of fused-ring (bicyclic) bond motifs is 5. The highest BCUT2D eigenvalue weighted by atomic mass is 16.6. The van der Waals surface area contributed by atoms with Crippen LogP contribution in [-0.4, -0.2) is 143 Å². The number of carbonyl (C=O) groups is 8. The molecule has 21 heteroatoms. The lowest BCUT2D eigenvalue weighted by atomic mass is 9.85. The first kappa shape index (κ1) is 69.4. The second-order valence-corrected chi connectivity index (χ2v) is 27.1. The second kappa shape index (κ2) is 30.1. The van der Waals surface area contributed by atoms with Crippen LogP contribution in [0.2, 0.25) is 0 Å². The molecule has 0 spiro atoms. The summed E-state index contributed by atoms with van der Waals surface area (Å²) in [7, 11) is 3.94. The molecule has 97 heavy (non-hydrogen) atoms. The fourth-order valence-corrected chi connectivity index (χ4v) is 12.6. The van der Waals surface area contributed by atoms with Gasteiger partial charge in [0.25, 0.3) is 0 Å². The fraction of sp³-hybridized carbons (Fsp3) is 0.368. The van der Waals surface area contributed by atoms with Crippen molar-refractivity contribution in [3.63, 3.8) is 0 Å². The lowest BCUT2D eigenvalue weighted by molar-refractivity contribution is -0.148. The van der Waals surface area contributed by atoms with Crippen molar-refractivity contribution < 1.29 is 62.0 Å². The van der Waals surface area contributed by atoms with Crippen molar-refractivity contribution in [1.29, 1.82) is 0 Å². The summed E-state index contributed by atoms with van der Waals surface area (Å²) in [5.41, 5.74) is 5.15.